The van der Waals surface area contributed by atoms with Crippen LogP contribution in [-0.4, -0.2) is 86.0 Å². The molecule has 2 heterocycles. The summed E-state index contributed by atoms with van der Waals surface area (Å²) in [5.74, 6) is 0.173. The van der Waals surface area contributed by atoms with Crippen LogP contribution in [0.2, 0.25) is 5.02 Å². The second-order valence-electron chi connectivity index (χ2n) is 9.25. The third-order valence-electron chi connectivity index (χ3n) is 6.73. The molecule has 0 aromatic heterocycles. The van der Waals surface area contributed by atoms with Crippen LogP contribution in [0.15, 0.2) is 48.5 Å². The van der Waals surface area contributed by atoms with E-state index in [1.54, 1.807) is 24.3 Å². The number of hydrogen-bond acceptors (Lipinski definition) is 4. The number of rotatable bonds is 6. The monoisotopic (exact) mass is 483 g/mol. The molecule has 1 atom stereocenters. The number of amides is 3. The molecule has 2 aliphatic heterocycles. The number of anilines is 1. The van der Waals surface area contributed by atoms with Crippen LogP contribution < -0.4 is 10.6 Å². The lowest BCUT2D eigenvalue weighted by molar-refractivity contribution is 0.0940. The maximum atomic E-state index is 12.8. The van der Waals surface area contributed by atoms with E-state index in [9.17, 15) is 9.59 Å². The van der Waals surface area contributed by atoms with Crippen LogP contribution in [0.1, 0.15) is 34.7 Å². The van der Waals surface area contributed by atoms with Crippen LogP contribution in [0.5, 0.6) is 0 Å². The van der Waals surface area contributed by atoms with Crippen molar-refractivity contribution in [1.82, 2.24) is 20.0 Å². The summed E-state index contributed by atoms with van der Waals surface area (Å²) in [6, 6.07) is 14.9. The van der Waals surface area contributed by atoms with Gasteiger partial charge >= 0.3 is 6.03 Å². The fourth-order valence-corrected chi connectivity index (χ4v) is 4.73. The number of benzene rings is 2. The zero-order chi connectivity index (χ0) is 23.9. The highest BCUT2D eigenvalue weighted by Crippen LogP contribution is 2.28. The minimum absolute atomic E-state index is 0.0378. The van der Waals surface area contributed by atoms with Crippen LogP contribution in [0.3, 0.4) is 0 Å². The molecular weight excluding hydrogens is 450 g/mol. The highest BCUT2D eigenvalue weighted by atomic mass is 35.5. The van der Waals surface area contributed by atoms with Gasteiger partial charge in [0.15, 0.2) is 0 Å². The number of likely N-dealkylation sites (tertiary alicyclic amines) is 1. The van der Waals surface area contributed by atoms with E-state index in [4.69, 9.17) is 11.6 Å². The van der Waals surface area contributed by atoms with E-state index < -0.39 is 0 Å². The Balaban J connectivity index is 1.30. The highest BCUT2D eigenvalue weighted by molar-refractivity contribution is 6.30. The molecule has 7 nitrogen and oxygen atoms in total. The van der Waals surface area contributed by atoms with Gasteiger partial charge in [-0.05, 0) is 61.9 Å². The number of nitrogens with one attached hydrogen (secondary N) is 2. The molecule has 2 aliphatic rings. The molecule has 8 heteroatoms. The molecule has 0 bridgehead atoms. The van der Waals surface area contributed by atoms with Crippen LogP contribution in [0.4, 0.5) is 10.5 Å². The van der Waals surface area contributed by atoms with Gasteiger partial charge < -0.3 is 20.4 Å². The van der Waals surface area contributed by atoms with Gasteiger partial charge in [0.25, 0.3) is 5.91 Å². The Hall–Kier alpha value is -2.61. The number of carbonyl (C=O) groups is 2. The van der Waals surface area contributed by atoms with Crippen LogP contribution in [0, 0.1) is 0 Å². The number of hydrogen-bond donors (Lipinski definition) is 2. The summed E-state index contributed by atoms with van der Waals surface area (Å²) in [6.45, 7) is 7.13. The summed E-state index contributed by atoms with van der Waals surface area (Å²) in [6.07, 6.45) is 1.93. The van der Waals surface area contributed by atoms with Crippen molar-refractivity contribution in [1.29, 1.82) is 0 Å². The van der Waals surface area contributed by atoms with Gasteiger partial charge in [0.2, 0.25) is 0 Å². The quantitative estimate of drug-likeness (QED) is 0.657. The molecule has 3 amide bonds. The van der Waals surface area contributed by atoms with E-state index in [1.807, 2.05) is 23.1 Å². The van der Waals surface area contributed by atoms with E-state index in [2.05, 4.69) is 33.5 Å². The summed E-state index contributed by atoms with van der Waals surface area (Å²) < 4.78 is 0. The second kappa shape index (κ2) is 11.7. The first-order valence-electron chi connectivity index (χ1n) is 12.1. The van der Waals surface area contributed by atoms with Gasteiger partial charge in [-0.15, -0.1) is 0 Å². The lowest BCUT2D eigenvalue weighted by Crippen LogP contribution is -2.46. The lowest BCUT2D eigenvalue weighted by atomic mass is 9.89. The molecule has 1 unspecified atom stereocenters. The molecule has 0 radical (unpaired) electrons. The largest absolute Gasteiger partial charge is 0.351 e. The molecule has 0 saturated carbocycles. The zero-order valence-corrected chi connectivity index (χ0v) is 20.6. The van der Waals surface area contributed by atoms with Crippen LogP contribution in [0.25, 0.3) is 0 Å². The Morgan fingerprint density at radius 1 is 1.03 bits per heavy atom. The lowest BCUT2D eigenvalue weighted by Gasteiger charge is -2.33. The summed E-state index contributed by atoms with van der Waals surface area (Å²) in [5, 5.41) is 6.66. The number of urea groups is 1. The Morgan fingerprint density at radius 3 is 2.56 bits per heavy atom. The molecular formula is C26H34ClN5O2. The second-order valence-corrected chi connectivity index (χ2v) is 9.68. The standard InChI is InChI=1S/C26H34ClN5O2/c1-30-14-16-31(17-15-30)13-11-28-25(33)21-5-2-4-20(18-21)22-6-3-12-32(19-22)26(34)29-24-9-7-23(27)8-10-24/h2,4-5,7-10,18,22H,3,6,11-17,19H2,1H3,(H,28,33)(H,29,34). The predicted octanol–water partition coefficient (Wildman–Crippen LogP) is 3.73. The number of piperazine rings is 1. The third-order valence-corrected chi connectivity index (χ3v) is 6.99. The average molecular weight is 484 g/mol. The van der Waals surface area contributed by atoms with Gasteiger partial charge in [0.1, 0.15) is 0 Å². The normalized spacial score (nSPS) is 19.6. The molecule has 34 heavy (non-hydrogen) atoms. The number of halogens is 1. The van der Waals surface area contributed by atoms with E-state index in [0.717, 1.165) is 63.4 Å². The molecule has 2 fully saturated rings. The van der Waals surface area contributed by atoms with E-state index in [1.165, 1.54) is 0 Å². The molecule has 0 aliphatic carbocycles. The number of carbonyl (C=O) groups excluding carboxylic acids is 2. The van der Waals surface area contributed by atoms with Crippen molar-refractivity contribution >= 4 is 29.2 Å². The first-order chi connectivity index (χ1) is 16.5. The minimum atomic E-state index is -0.107. The maximum absolute atomic E-state index is 12.8. The first-order valence-corrected chi connectivity index (χ1v) is 12.5. The van der Waals surface area contributed by atoms with Crippen LogP contribution in [-0.2, 0) is 0 Å². The Kier molecular flexibility index (Phi) is 8.43. The molecule has 2 aromatic rings. The SMILES string of the molecule is CN1CCN(CCNC(=O)c2cccc(C3CCCN(C(=O)Nc4ccc(Cl)cc4)C3)c2)CC1. The number of likely N-dealkylation sites (N-methyl/N-ethyl adjacent to an activating group) is 1. The van der Waals surface area contributed by atoms with E-state index in [0.29, 0.717) is 23.7 Å². The van der Waals surface area contributed by atoms with Gasteiger partial charge in [-0.25, -0.2) is 4.79 Å². The van der Waals surface area contributed by atoms with Crippen molar-refractivity contribution in [3.63, 3.8) is 0 Å². The molecule has 182 valence electrons. The van der Waals surface area contributed by atoms with Gasteiger partial charge in [0.05, 0.1) is 0 Å². The summed E-state index contributed by atoms with van der Waals surface area (Å²) in [4.78, 5) is 32.1. The van der Waals surface area contributed by atoms with Crippen LogP contribution >= 0.6 is 11.6 Å². The summed E-state index contributed by atoms with van der Waals surface area (Å²) >= 11 is 5.93. The van der Waals surface area contributed by atoms with E-state index >= 15 is 0 Å². The molecule has 0 spiro atoms. The topological polar surface area (TPSA) is 67.9 Å². The minimum Gasteiger partial charge on any atom is -0.351 e. The number of piperidine rings is 1. The van der Waals surface area contributed by atoms with Crippen molar-refractivity contribution in [2.75, 3.05) is 64.7 Å². The Labute approximate surface area is 207 Å². The first kappa shape index (κ1) is 24.5. The van der Waals surface area contributed by atoms with Crippen molar-refractivity contribution in [2.45, 2.75) is 18.8 Å². The van der Waals surface area contributed by atoms with E-state index in [-0.39, 0.29) is 17.9 Å². The summed E-state index contributed by atoms with van der Waals surface area (Å²) in [5.41, 5.74) is 2.51. The molecule has 2 N–H and O–H groups in total. The van der Waals surface area contributed by atoms with Gasteiger partial charge in [0, 0.05) is 74.5 Å². The molecule has 2 aromatic carbocycles. The van der Waals surface area contributed by atoms with Crippen molar-refractivity contribution < 1.29 is 9.59 Å². The fraction of sp³-hybridized carbons (Fsp3) is 0.462. The Morgan fingerprint density at radius 2 is 1.79 bits per heavy atom. The number of nitrogens with zero attached hydrogens (tertiary/aromatic N) is 3. The summed E-state index contributed by atoms with van der Waals surface area (Å²) in [7, 11) is 2.14. The van der Waals surface area contributed by atoms with Gasteiger partial charge in [-0.1, -0.05) is 23.7 Å². The van der Waals surface area contributed by atoms with Crippen molar-refractivity contribution in [3.8, 4) is 0 Å². The van der Waals surface area contributed by atoms with Gasteiger partial charge in [-0.3, -0.25) is 9.69 Å². The maximum Gasteiger partial charge on any atom is 0.321 e. The van der Waals surface area contributed by atoms with Crippen molar-refractivity contribution in [3.05, 3.63) is 64.7 Å². The molecule has 2 saturated heterocycles. The predicted molar refractivity (Wildman–Crippen MR) is 137 cm³/mol. The smallest absolute Gasteiger partial charge is 0.321 e. The van der Waals surface area contributed by atoms with Crippen molar-refractivity contribution in [2.24, 2.45) is 0 Å². The average Bonchev–Trinajstić information content (AvgIpc) is 2.86. The Bertz CT molecular complexity index is 975. The third kappa shape index (κ3) is 6.72. The van der Waals surface area contributed by atoms with Gasteiger partial charge in [-0.2, -0.15) is 0 Å². The molecule has 4 rings (SSSR count). The zero-order valence-electron chi connectivity index (χ0n) is 19.8. The highest BCUT2D eigenvalue weighted by Gasteiger charge is 2.25. The fourth-order valence-electron chi connectivity index (χ4n) is 4.60.